The zero-order valence-corrected chi connectivity index (χ0v) is 11.0. The fourth-order valence-corrected chi connectivity index (χ4v) is 3.13. The highest BCUT2D eigenvalue weighted by Gasteiger charge is 2.44. The number of nitrogens with zero attached hydrogens (tertiary/aromatic N) is 2. The van der Waals surface area contributed by atoms with Crippen LogP contribution in [0.5, 0.6) is 0 Å². The summed E-state index contributed by atoms with van der Waals surface area (Å²) in [6.45, 7) is 3.00. The summed E-state index contributed by atoms with van der Waals surface area (Å²) >= 11 is 1.78. The van der Waals surface area contributed by atoms with Gasteiger partial charge in [-0.25, -0.2) is 0 Å². The van der Waals surface area contributed by atoms with Crippen molar-refractivity contribution < 1.29 is 18.4 Å². The monoisotopic (exact) mass is 285 g/mol. The second-order valence-corrected chi connectivity index (χ2v) is 5.69. The van der Waals surface area contributed by atoms with E-state index in [0.29, 0.717) is 18.3 Å². The molecule has 1 saturated heterocycles. The average Bonchev–Trinajstić information content (AvgIpc) is 2.34. The normalized spacial score (nSPS) is 25.1. The topological polar surface area (TPSA) is 61.8 Å². The minimum absolute atomic E-state index is 0.240. The Morgan fingerprint density at radius 1 is 1.61 bits per heavy atom. The van der Waals surface area contributed by atoms with Crippen molar-refractivity contribution in [2.75, 3.05) is 25.4 Å². The summed E-state index contributed by atoms with van der Waals surface area (Å²) in [4.78, 5) is 1.74. The summed E-state index contributed by atoms with van der Waals surface area (Å²) in [6.07, 6.45) is -3.55. The van der Waals surface area contributed by atoms with Crippen molar-refractivity contribution in [2.24, 2.45) is 16.8 Å². The van der Waals surface area contributed by atoms with Crippen molar-refractivity contribution in [3.63, 3.8) is 0 Å². The van der Waals surface area contributed by atoms with Gasteiger partial charge in [-0.05, 0) is 6.42 Å². The summed E-state index contributed by atoms with van der Waals surface area (Å²) in [6, 6.07) is 0. The van der Waals surface area contributed by atoms with Crippen LogP contribution in [-0.4, -0.2) is 52.8 Å². The van der Waals surface area contributed by atoms with Crippen molar-refractivity contribution in [2.45, 2.75) is 24.8 Å². The quantitative estimate of drug-likeness (QED) is 0.357. The lowest BCUT2D eigenvalue weighted by Gasteiger charge is -2.34. The minimum Gasteiger partial charge on any atom is -0.409 e. The third-order valence-corrected chi connectivity index (χ3v) is 4.36. The molecule has 0 bridgehead atoms. The Morgan fingerprint density at radius 3 is 2.78 bits per heavy atom. The highest BCUT2D eigenvalue weighted by atomic mass is 32.2. The smallest absolute Gasteiger partial charge is 0.400 e. The Bertz CT molecular complexity index is 299. The van der Waals surface area contributed by atoms with Crippen molar-refractivity contribution in [1.82, 2.24) is 4.90 Å². The largest absolute Gasteiger partial charge is 0.409 e. The van der Waals surface area contributed by atoms with Crippen LogP contribution in [0.15, 0.2) is 5.16 Å². The first kappa shape index (κ1) is 15.4. The third-order valence-electron chi connectivity index (χ3n) is 2.99. The van der Waals surface area contributed by atoms with E-state index in [-0.39, 0.29) is 6.54 Å². The summed E-state index contributed by atoms with van der Waals surface area (Å²) in [5.41, 5.74) is 5.14. The van der Waals surface area contributed by atoms with Crippen molar-refractivity contribution >= 4 is 17.6 Å². The maximum absolute atomic E-state index is 12.8. The van der Waals surface area contributed by atoms with Gasteiger partial charge in [-0.1, -0.05) is 12.1 Å². The molecular formula is C10H18F3N3OS. The van der Waals surface area contributed by atoms with Gasteiger partial charge in [-0.15, -0.1) is 0 Å². The molecule has 0 spiro atoms. The van der Waals surface area contributed by atoms with E-state index in [2.05, 4.69) is 5.16 Å². The molecule has 106 valence electrons. The standard InChI is InChI=1S/C10H18F3N3OS/c1-2-7-5-16(3-4-18-7)6-8(9(14)15-17)10(11,12)13/h7-8,17H,2-6H2,1H3,(H2,14,15). The predicted molar refractivity (Wildman–Crippen MR) is 65.9 cm³/mol. The Kier molecular flexibility index (Phi) is 5.58. The molecule has 0 aromatic rings. The first-order valence-electron chi connectivity index (χ1n) is 5.76. The van der Waals surface area contributed by atoms with Gasteiger partial charge in [0.2, 0.25) is 0 Å². The van der Waals surface area contributed by atoms with Gasteiger partial charge in [-0.2, -0.15) is 24.9 Å². The summed E-state index contributed by atoms with van der Waals surface area (Å²) in [5, 5.41) is 11.3. The number of hydrogen-bond acceptors (Lipinski definition) is 4. The van der Waals surface area contributed by atoms with Gasteiger partial charge < -0.3 is 15.8 Å². The van der Waals surface area contributed by atoms with Crippen LogP contribution < -0.4 is 5.73 Å². The van der Waals surface area contributed by atoms with Gasteiger partial charge in [-0.3, -0.25) is 0 Å². The van der Waals surface area contributed by atoms with E-state index in [0.717, 1.165) is 12.2 Å². The molecule has 1 heterocycles. The minimum atomic E-state index is -4.48. The van der Waals surface area contributed by atoms with Crippen LogP contribution in [-0.2, 0) is 0 Å². The lowest BCUT2D eigenvalue weighted by molar-refractivity contribution is -0.160. The zero-order chi connectivity index (χ0) is 13.8. The maximum Gasteiger partial charge on any atom is 0.400 e. The molecule has 1 aliphatic rings. The molecule has 1 fully saturated rings. The van der Waals surface area contributed by atoms with E-state index in [9.17, 15) is 13.2 Å². The first-order valence-corrected chi connectivity index (χ1v) is 6.81. The van der Waals surface area contributed by atoms with E-state index in [1.807, 2.05) is 6.92 Å². The molecule has 0 saturated carbocycles. The molecule has 4 nitrogen and oxygen atoms in total. The molecule has 2 atom stereocenters. The van der Waals surface area contributed by atoms with Crippen LogP contribution in [0.2, 0.25) is 0 Å². The number of nitrogens with two attached hydrogens (primary N) is 1. The molecule has 0 radical (unpaired) electrons. The third kappa shape index (κ3) is 4.24. The fraction of sp³-hybridized carbons (Fsp3) is 0.900. The Morgan fingerprint density at radius 2 is 2.28 bits per heavy atom. The fourth-order valence-electron chi connectivity index (χ4n) is 1.89. The van der Waals surface area contributed by atoms with Crippen LogP contribution >= 0.6 is 11.8 Å². The van der Waals surface area contributed by atoms with E-state index in [4.69, 9.17) is 10.9 Å². The van der Waals surface area contributed by atoms with E-state index < -0.39 is 17.9 Å². The number of oxime groups is 1. The second-order valence-electron chi connectivity index (χ2n) is 4.28. The molecule has 8 heteroatoms. The molecule has 1 aliphatic heterocycles. The highest BCUT2D eigenvalue weighted by Crippen LogP contribution is 2.29. The molecule has 2 unspecified atom stereocenters. The van der Waals surface area contributed by atoms with Crippen molar-refractivity contribution in [1.29, 1.82) is 0 Å². The van der Waals surface area contributed by atoms with Crippen LogP contribution in [0.25, 0.3) is 0 Å². The molecule has 0 aromatic carbocycles. The van der Waals surface area contributed by atoms with E-state index in [1.54, 1.807) is 16.7 Å². The van der Waals surface area contributed by atoms with Crippen LogP contribution in [0.1, 0.15) is 13.3 Å². The highest BCUT2D eigenvalue weighted by molar-refractivity contribution is 8.00. The van der Waals surface area contributed by atoms with Gasteiger partial charge in [0.15, 0.2) is 5.84 Å². The van der Waals surface area contributed by atoms with Gasteiger partial charge in [0.25, 0.3) is 0 Å². The Hall–Kier alpha value is -0.630. The lowest BCUT2D eigenvalue weighted by Crippen LogP contribution is -2.48. The Labute approximate surface area is 108 Å². The van der Waals surface area contributed by atoms with Crippen LogP contribution in [0.4, 0.5) is 13.2 Å². The second kappa shape index (κ2) is 6.51. The summed E-state index contributed by atoms with van der Waals surface area (Å²) < 4.78 is 38.4. The first-order chi connectivity index (χ1) is 8.38. The van der Waals surface area contributed by atoms with Crippen LogP contribution in [0, 0.1) is 5.92 Å². The molecule has 1 rings (SSSR count). The molecule has 0 aliphatic carbocycles. The number of alkyl halides is 3. The molecule has 0 amide bonds. The number of thioether (sulfide) groups is 1. The molecule has 18 heavy (non-hydrogen) atoms. The Balaban J connectivity index is 2.66. The van der Waals surface area contributed by atoms with Gasteiger partial charge in [0, 0.05) is 30.6 Å². The SMILES string of the molecule is CCC1CN(CC(C(N)=NO)C(F)(F)F)CCS1. The summed E-state index contributed by atoms with van der Waals surface area (Å²) in [7, 11) is 0. The average molecular weight is 285 g/mol. The number of rotatable bonds is 4. The maximum atomic E-state index is 12.8. The van der Waals surface area contributed by atoms with E-state index >= 15 is 0 Å². The lowest BCUT2D eigenvalue weighted by atomic mass is 10.1. The molecular weight excluding hydrogens is 267 g/mol. The summed E-state index contributed by atoms with van der Waals surface area (Å²) in [5.74, 6) is -1.85. The van der Waals surface area contributed by atoms with Crippen LogP contribution in [0.3, 0.4) is 0 Å². The predicted octanol–water partition coefficient (Wildman–Crippen LogP) is 1.74. The molecule has 3 N–H and O–H groups in total. The molecule has 0 aromatic heterocycles. The van der Waals surface area contributed by atoms with E-state index in [1.165, 1.54) is 0 Å². The van der Waals surface area contributed by atoms with Crippen molar-refractivity contribution in [3.8, 4) is 0 Å². The van der Waals surface area contributed by atoms with Gasteiger partial charge in [0.05, 0.1) is 0 Å². The number of amidine groups is 1. The zero-order valence-electron chi connectivity index (χ0n) is 10.2. The van der Waals surface area contributed by atoms with Crippen molar-refractivity contribution in [3.05, 3.63) is 0 Å². The number of halogens is 3. The van der Waals surface area contributed by atoms with Gasteiger partial charge in [0.1, 0.15) is 5.92 Å². The van der Waals surface area contributed by atoms with Gasteiger partial charge >= 0.3 is 6.18 Å². The number of hydrogen-bond donors (Lipinski definition) is 2.